The van der Waals surface area contributed by atoms with Gasteiger partial charge < -0.3 is 18.6 Å². The van der Waals surface area contributed by atoms with E-state index >= 15 is 0 Å². The standard InChI is InChI=1S/C26H32N2O5/c1-5-18-6-8-22-21(14-18)20(15-24(29)33-22)17-28-12-10-27(11-13-28)16-19-7-9-23(30-2)26(32-4)25(19)31-3/h6-9,14-15H,5,10-13,16-17H2,1-4H3. The van der Waals surface area contributed by atoms with Gasteiger partial charge in [0.05, 0.1) is 21.3 Å². The van der Waals surface area contributed by atoms with Crippen LogP contribution in [0.3, 0.4) is 0 Å². The second-order valence-electron chi connectivity index (χ2n) is 8.32. The summed E-state index contributed by atoms with van der Waals surface area (Å²) >= 11 is 0. The number of aryl methyl sites for hydroxylation is 1. The van der Waals surface area contributed by atoms with E-state index in [1.54, 1.807) is 27.4 Å². The molecule has 7 heteroatoms. The first-order chi connectivity index (χ1) is 16.1. The third kappa shape index (κ3) is 4.99. The van der Waals surface area contributed by atoms with Gasteiger partial charge in [0.2, 0.25) is 5.75 Å². The van der Waals surface area contributed by atoms with Crippen molar-refractivity contribution in [1.82, 2.24) is 9.80 Å². The fourth-order valence-corrected chi connectivity index (χ4v) is 4.50. The summed E-state index contributed by atoms with van der Waals surface area (Å²) in [4.78, 5) is 16.9. The molecule has 2 heterocycles. The highest BCUT2D eigenvalue weighted by Crippen LogP contribution is 2.40. The number of nitrogens with zero attached hydrogens (tertiary/aromatic N) is 2. The van der Waals surface area contributed by atoms with Gasteiger partial charge in [0.25, 0.3) is 0 Å². The molecule has 1 saturated heterocycles. The highest BCUT2D eigenvalue weighted by atomic mass is 16.5. The predicted molar refractivity (Wildman–Crippen MR) is 129 cm³/mol. The molecule has 0 N–H and O–H groups in total. The Morgan fingerprint density at radius 2 is 1.48 bits per heavy atom. The molecule has 176 valence electrons. The number of fused-ring (bicyclic) bond motifs is 1. The fourth-order valence-electron chi connectivity index (χ4n) is 4.50. The van der Waals surface area contributed by atoms with Crippen molar-refractivity contribution in [3.05, 3.63) is 63.5 Å². The van der Waals surface area contributed by atoms with E-state index in [9.17, 15) is 4.79 Å². The van der Waals surface area contributed by atoms with Gasteiger partial charge in [0.1, 0.15) is 5.58 Å². The van der Waals surface area contributed by atoms with Crippen molar-refractivity contribution >= 4 is 11.0 Å². The van der Waals surface area contributed by atoms with Crippen LogP contribution in [0, 0.1) is 0 Å². The number of ether oxygens (including phenoxy) is 3. The molecule has 7 nitrogen and oxygen atoms in total. The van der Waals surface area contributed by atoms with E-state index in [1.165, 1.54) is 5.56 Å². The average Bonchev–Trinajstić information content (AvgIpc) is 2.84. The van der Waals surface area contributed by atoms with Gasteiger partial charge in [0.15, 0.2) is 11.5 Å². The number of piperazine rings is 1. The number of methoxy groups -OCH3 is 3. The minimum absolute atomic E-state index is 0.291. The molecule has 2 aromatic carbocycles. The van der Waals surface area contributed by atoms with E-state index in [0.717, 1.165) is 62.2 Å². The van der Waals surface area contributed by atoms with Crippen LogP contribution in [0.4, 0.5) is 0 Å². The van der Waals surface area contributed by atoms with Crippen molar-refractivity contribution in [3.8, 4) is 17.2 Å². The van der Waals surface area contributed by atoms with Crippen molar-refractivity contribution in [2.75, 3.05) is 47.5 Å². The zero-order valence-electron chi connectivity index (χ0n) is 19.8. The van der Waals surface area contributed by atoms with Crippen LogP contribution < -0.4 is 19.8 Å². The molecule has 0 spiro atoms. The summed E-state index contributed by atoms with van der Waals surface area (Å²) in [6.07, 6.45) is 0.951. The Kier molecular flexibility index (Phi) is 7.20. The topological polar surface area (TPSA) is 64.4 Å². The predicted octanol–water partition coefficient (Wildman–Crippen LogP) is 3.70. The zero-order chi connectivity index (χ0) is 23.4. The zero-order valence-corrected chi connectivity index (χ0v) is 19.8. The van der Waals surface area contributed by atoms with Crippen LogP contribution in [0.1, 0.15) is 23.6 Å². The summed E-state index contributed by atoms with van der Waals surface area (Å²) < 4.78 is 22.0. The third-order valence-corrected chi connectivity index (χ3v) is 6.34. The minimum atomic E-state index is -0.291. The SMILES string of the molecule is CCc1ccc2oc(=O)cc(CN3CCN(Cc4ccc(OC)c(OC)c4OC)CC3)c2c1. The molecular formula is C26H32N2O5. The van der Waals surface area contributed by atoms with Crippen molar-refractivity contribution in [2.24, 2.45) is 0 Å². The lowest BCUT2D eigenvalue weighted by atomic mass is 10.0. The van der Waals surface area contributed by atoms with Crippen molar-refractivity contribution in [1.29, 1.82) is 0 Å². The molecule has 33 heavy (non-hydrogen) atoms. The van der Waals surface area contributed by atoms with Gasteiger partial charge in [-0.15, -0.1) is 0 Å². The Hall–Kier alpha value is -3.03. The molecule has 1 aliphatic heterocycles. The molecule has 1 aliphatic rings. The van der Waals surface area contributed by atoms with E-state index in [-0.39, 0.29) is 5.63 Å². The number of hydrogen-bond acceptors (Lipinski definition) is 7. The Morgan fingerprint density at radius 3 is 2.09 bits per heavy atom. The van der Waals surface area contributed by atoms with Gasteiger partial charge in [0, 0.05) is 56.3 Å². The number of benzene rings is 2. The van der Waals surface area contributed by atoms with Crippen molar-refractivity contribution in [2.45, 2.75) is 26.4 Å². The molecule has 0 unspecified atom stereocenters. The minimum Gasteiger partial charge on any atom is -0.493 e. The molecule has 0 amide bonds. The molecule has 3 aromatic rings. The van der Waals surface area contributed by atoms with Crippen LogP contribution >= 0.6 is 0 Å². The molecule has 0 radical (unpaired) electrons. The first kappa shape index (κ1) is 23.1. The Balaban J connectivity index is 1.45. The van der Waals surface area contributed by atoms with Crippen LogP contribution in [-0.2, 0) is 19.5 Å². The van der Waals surface area contributed by atoms with Crippen molar-refractivity contribution in [3.63, 3.8) is 0 Å². The van der Waals surface area contributed by atoms with Crippen LogP contribution in [0.5, 0.6) is 17.2 Å². The molecule has 4 rings (SSSR count). The smallest absolute Gasteiger partial charge is 0.336 e. The summed E-state index contributed by atoms with van der Waals surface area (Å²) in [7, 11) is 4.91. The monoisotopic (exact) mass is 452 g/mol. The summed E-state index contributed by atoms with van der Waals surface area (Å²) in [5.74, 6) is 2.00. The average molecular weight is 453 g/mol. The Labute approximate surface area is 194 Å². The second-order valence-corrected chi connectivity index (χ2v) is 8.32. The maximum atomic E-state index is 12.1. The molecule has 0 bridgehead atoms. The Bertz CT molecular complexity index is 1170. The van der Waals surface area contributed by atoms with Gasteiger partial charge in [-0.3, -0.25) is 9.80 Å². The highest BCUT2D eigenvalue weighted by molar-refractivity contribution is 5.80. The largest absolute Gasteiger partial charge is 0.493 e. The maximum Gasteiger partial charge on any atom is 0.336 e. The normalized spacial score (nSPS) is 15.0. The fraction of sp³-hybridized carbons (Fsp3) is 0.423. The van der Waals surface area contributed by atoms with Crippen LogP contribution in [0.2, 0.25) is 0 Å². The first-order valence-corrected chi connectivity index (χ1v) is 11.3. The van der Waals surface area contributed by atoms with Gasteiger partial charge in [-0.05, 0) is 35.7 Å². The highest BCUT2D eigenvalue weighted by Gasteiger charge is 2.22. The summed E-state index contributed by atoms with van der Waals surface area (Å²) in [5, 5.41) is 1.03. The van der Waals surface area contributed by atoms with Crippen LogP contribution in [0.15, 0.2) is 45.6 Å². The molecule has 0 saturated carbocycles. The van der Waals surface area contributed by atoms with Crippen LogP contribution in [-0.4, -0.2) is 57.3 Å². The molecule has 1 aromatic heterocycles. The van der Waals surface area contributed by atoms with Gasteiger partial charge in [-0.2, -0.15) is 0 Å². The molecule has 1 fully saturated rings. The first-order valence-electron chi connectivity index (χ1n) is 11.3. The lowest BCUT2D eigenvalue weighted by molar-refractivity contribution is 0.121. The summed E-state index contributed by atoms with van der Waals surface area (Å²) in [6.45, 7) is 7.34. The van der Waals surface area contributed by atoms with E-state index in [2.05, 4.69) is 22.8 Å². The quantitative estimate of drug-likeness (QED) is 0.483. The lowest BCUT2D eigenvalue weighted by Gasteiger charge is -2.35. The Morgan fingerprint density at radius 1 is 0.818 bits per heavy atom. The maximum absolute atomic E-state index is 12.1. The lowest BCUT2D eigenvalue weighted by Crippen LogP contribution is -2.45. The molecule has 0 atom stereocenters. The summed E-state index contributed by atoms with van der Waals surface area (Å²) in [6, 6.07) is 11.7. The van der Waals surface area contributed by atoms with Gasteiger partial charge in [-0.1, -0.05) is 19.1 Å². The van der Waals surface area contributed by atoms with Crippen molar-refractivity contribution < 1.29 is 18.6 Å². The third-order valence-electron chi connectivity index (χ3n) is 6.34. The number of hydrogen-bond donors (Lipinski definition) is 0. The van der Waals surface area contributed by atoms with Gasteiger partial charge >= 0.3 is 5.63 Å². The van der Waals surface area contributed by atoms with Gasteiger partial charge in [-0.25, -0.2) is 4.79 Å². The van der Waals surface area contributed by atoms with E-state index in [0.29, 0.717) is 22.8 Å². The molecule has 0 aliphatic carbocycles. The van der Waals surface area contributed by atoms with Crippen LogP contribution in [0.25, 0.3) is 11.0 Å². The number of rotatable bonds is 8. The summed E-state index contributed by atoms with van der Waals surface area (Å²) in [5.41, 5.74) is 3.72. The van der Waals surface area contributed by atoms with E-state index in [4.69, 9.17) is 18.6 Å². The molecular weight excluding hydrogens is 420 g/mol. The van der Waals surface area contributed by atoms with E-state index in [1.807, 2.05) is 24.3 Å². The second kappa shape index (κ2) is 10.3. The van der Waals surface area contributed by atoms with E-state index < -0.39 is 0 Å².